The summed E-state index contributed by atoms with van der Waals surface area (Å²) in [5, 5.41) is 2.81. The number of carbonyl (C=O) groups is 1. The highest BCUT2D eigenvalue weighted by molar-refractivity contribution is 6.10. The van der Waals surface area contributed by atoms with Crippen molar-refractivity contribution in [1.82, 2.24) is 25.3 Å². The maximum Gasteiger partial charge on any atom is 0.256 e. The molecule has 0 saturated carbocycles. The number of morpholine rings is 1. The zero-order valence-electron chi connectivity index (χ0n) is 21.8. The Bertz CT molecular complexity index is 1360. The highest BCUT2D eigenvalue weighted by atomic mass is 16.5. The van der Waals surface area contributed by atoms with Crippen LogP contribution in [0.4, 0.5) is 5.95 Å². The van der Waals surface area contributed by atoms with Crippen LogP contribution in [0.2, 0.25) is 0 Å². The van der Waals surface area contributed by atoms with Gasteiger partial charge in [0.2, 0.25) is 11.8 Å². The van der Waals surface area contributed by atoms with Gasteiger partial charge >= 0.3 is 0 Å². The van der Waals surface area contributed by atoms with Gasteiger partial charge in [-0.25, -0.2) is 15.0 Å². The molecule has 0 unspecified atom stereocenters. The Morgan fingerprint density at radius 1 is 1.22 bits per heavy atom. The molecule has 3 N–H and O–H groups in total. The fourth-order valence-corrected chi connectivity index (χ4v) is 3.48. The van der Waals surface area contributed by atoms with E-state index < -0.39 is 0 Å². The van der Waals surface area contributed by atoms with Crippen molar-refractivity contribution in [3.8, 4) is 11.6 Å². The summed E-state index contributed by atoms with van der Waals surface area (Å²) in [4.78, 5) is 36.9. The highest BCUT2D eigenvalue weighted by Gasteiger charge is 2.19. The Labute approximate surface area is 215 Å². The Kier molecular flexibility index (Phi) is 7.63. The van der Waals surface area contributed by atoms with Gasteiger partial charge in [-0.1, -0.05) is 26.8 Å². The van der Waals surface area contributed by atoms with Crippen LogP contribution in [-0.4, -0.2) is 65.0 Å². The summed E-state index contributed by atoms with van der Waals surface area (Å²) in [6, 6.07) is 5.19. The first kappa shape index (κ1) is 26.0. The van der Waals surface area contributed by atoms with Crippen LogP contribution >= 0.6 is 0 Å². The quantitative estimate of drug-likeness (QED) is 0.396. The van der Waals surface area contributed by atoms with Gasteiger partial charge in [0.25, 0.3) is 5.91 Å². The Morgan fingerprint density at radius 3 is 2.68 bits per heavy atom. The average molecular weight is 505 g/mol. The maximum atomic E-state index is 13.0. The van der Waals surface area contributed by atoms with Crippen molar-refractivity contribution in [3.05, 3.63) is 53.6 Å². The van der Waals surface area contributed by atoms with Gasteiger partial charge in [0.1, 0.15) is 23.4 Å². The summed E-state index contributed by atoms with van der Waals surface area (Å²) in [5.74, 6) is 1.34. The number of nitrogens with zero attached hydrogens (tertiary/aromatic N) is 6. The number of benzene rings is 1. The summed E-state index contributed by atoms with van der Waals surface area (Å²) in [7, 11) is 1.60. The molecule has 4 rings (SSSR count). The standard InChI is InChI=1S/C26H32N8O3/c1-16-6-7-17(23(35)32-21(28-5)13-20(27)26(2,3)4)12-19(16)37-24-22-18(30-15-31-24)14-29-25(33-22)34-8-10-36-11-9-34/h6-7,12-15H,8-11,27H2,1-5H3,(H,28,32,35). The van der Waals surface area contributed by atoms with Crippen molar-refractivity contribution < 1.29 is 14.3 Å². The molecular weight excluding hydrogens is 472 g/mol. The lowest BCUT2D eigenvalue weighted by molar-refractivity contribution is 0.0977. The highest BCUT2D eigenvalue weighted by Crippen LogP contribution is 2.29. The number of nitrogens with one attached hydrogen (secondary N) is 1. The smallest absolute Gasteiger partial charge is 0.256 e. The number of aromatic nitrogens is 4. The topological polar surface area (TPSA) is 141 Å². The van der Waals surface area contributed by atoms with Gasteiger partial charge in [0.15, 0.2) is 5.52 Å². The van der Waals surface area contributed by atoms with Crippen molar-refractivity contribution >= 4 is 28.7 Å². The molecule has 1 amide bonds. The normalized spacial score (nSPS) is 15.1. The number of aliphatic imine (C=N–C) groups is 1. The SMILES string of the molecule is CN=C(C=C(N)C(C)(C)C)NC(=O)c1ccc(C)c(Oc2ncnc3cnc(N4CCOCC4)nc23)c1. The predicted octanol–water partition coefficient (Wildman–Crippen LogP) is 3.00. The number of nitrogens with two attached hydrogens (primary N) is 1. The average Bonchev–Trinajstić information content (AvgIpc) is 2.89. The molecule has 11 heteroatoms. The third-order valence-electron chi connectivity index (χ3n) is 5.92. The first-order chi connectivity index (χ1) is 17.7. The molecule has 0 atom stereocenters. The lowest BCUT2D eigenvalue weighted by Gasteiger charge is -2.26. The van der Waals surface area contributed by atoms with Crippen molar-refractivity contribution in [2.45, 2.75) is 27.7 Å². The summed E-state index contributed by atoms with van der Waals surface area (Å²) >= 11 is 0. The number of hydrogen-bond acceptors (Lipinski definition) is 10. The molecule has 1 aliphatic heterocycles. The van der Waals surface area contributed by atoms with Crippen LogP contribution in [0.5, 0.6) is 11.6 Å². The fraction of sp³-hybridized carbons (Fsp3) is 0.385. The zero-order valence-corrected chi connectivity index (χ0v) is 21.8. The van der Waals surface area contributed by atoms with Crippen molar-refractivity contribution in [3.63, 3.8) is 0 Å². The van der Waals surface area contributed by atoms with E-state index in [9.17, 15) is 4.79 Å². The van der Waals surface area contributed by atoms with Crippen LogP contribution in [0.1, 0.15) is 36.7 Å². The number of allylic oxidation sites excluding steroid dienone is 1. The van der Waals surface area contributed by atoms with Gasteiger partial charge in [-0.3, -0.25) is 9.79 Å². The first-order valence-corrected chi connectivity index (χ1v) is 12.0. The van der Waals surface area contributed by atoms with Crippen LogP contribution in [-0.2, 0) is 4.74 Å². The number of ether oxygens (including phenoxy) is 2. The second-order valence-corrected chi connectivity index (χ2v) is 9.68. The molecule has 194 valence electrons. The van der Waals surface area contributed by atoms with Gasteiger partial charge in [-0.05, 0) is 30.7 Å². The summed E-state index contributed by atoms with van der Waals surface area (Å²) < 4.78 is 11.6. The van der Waals surface area contributed by atoms with E-state index in [1.165, 1.54) is 6.33 Å². The summed E-state index contributed by atoms with van der Waals surface area (Å²) in [6.07, 6.45) is 4.72. The van der Waals surface area contributed by atoms with Gasteiger partial charge in [-0.15, -0.1) is 0 Å². The van der Waals surface area contributed by atoms with Crippen LogP contribution in [0.25, 0.3) is 11.0 Å². The molecule has 37 heavy (non-hydrogen) atoms. The molecule has 3 aromatic rings. The molecule has 1 aliphatic rings. The second kappa shape index (κ2) is 10.9. The van der Waals surface area contributed by atoms with Crippen molar-refractivity contribution in [2.75, 3.05) is 38.3 Å². The minimum absolute atomic E-state index is 0.253. The first-order valence-electron chi connectivity index (χ1n) is 12.0. The van der Waals surface area contributed by atoms with Gasteiger partial charge < -0.3 is 25.4 Å². The minimum atomic E-state index is -0.340. The Balaban J connectivity index is 1.59. The van der Waals surface area contributed by atoms with Crippen LogP contribution in [0.3, 0.4) is 0 Å². The van der Waals surface area contributed by atoms with Crippen LogP contribution in [0.15, 0.2) is 47.5 Å². The largest absolute Gasteiger partial charge is 0.437 e. The molecule has 0 spiro atoms. The molecule has 0 bridgehead atoms. The van der Waals surface area contributed by atoms with Crippen LogP contribution in [0, 0.1) is 12.3 Å². The number of rotatable bonds is 5. The molecule has 1 saturated heterocycles. The third-order valence-corrected chi connectivity index (χ3v) is 5.92. The predicted molar refractivity (Wildman–Crippen MR) is 142 cm³/mol. The van der Waals surface area contributed by atoms with E-state index in [0.717, 1.165) is 5.56 Å². The maximum absolute atomic E-state index is 13.0. The van der Waals surface area contributed by atoms with Crippen molar-refractivity contribution in [1.29, 1.82) is 0 Å². The van der Waals surface area contributed by atoms with E-state index >= 15 is 0 Å². The fourth-order valence-electron chi connectivity index (χ4n) is 3.48. The zero-order chi connectivity index (χ0) is 26.6. The third kappa shape index (κ3) is 6.18. The molecule has 0 aliphatic carbocycles. The molecule has 11 nitrogen and oxygen atoms in total. The van der Waals surface area contributed by atoms with Crippen LogP contribution < -0.4 is 20.7 Å². The molecular formula is C26H32N8O3. The van der Waals surface area contributed by atoms with E-state index in [1.54, 1.807) is 31.5 Å². The minimum Gasteiger partial charge on any atom is -0.437 e. The summed E-state index contributed by atoms with van der Waals surface area (Å²) in [5.41, 5.74) is 8.77. The molecule has 1 aromatic carbocycles. The molecule has 3 heterocycles. The lowest BCUT2D eigenvalue weighted by atomic mass is 9.92. The number of hydrogen-bond donors (Lipinski definition) is 2. The monoisotopic (exact) mass is 504 g/mol. The van der Waals surface area contributed by atoms with E-state index in [4.69, 9.17) is 15.2 Å². The molecule has 1 fully saturated rings. The van der Waals surface area contributed by atoms with E-state index in [1.807, 2.05) is 38.7 Å². The number of anilines is 1. The number of carbonyl (C=O) groups excluding carboxylic acids is 1. The van der Waals surface area contributed by atoms with Gasteiger partial charge in [0, 0.05) is 36.8 Å². The van der Waals surface area contributed by atoms with Gasteiger partial charge in [0.05, 0.1) is 19.4 Å². The number of amides is 1. The van der Waals surface area contributed by atoms with E-state index in [0.29, 0.717) is 66.1 Å². The van der Waals surface area contributed by atoms with E-state index in [-0.39, 0.29) is 17.2 Å². The number of amidine groups is 1. The Morgan fingerprint density at radius 2 is 1.97 bits per heavy atom. The molecule has 2 aromatic heterocycles. The van der Waals surface area contributed by atoms with E-state index in [2.05, 4.69) is 30.2 Å². The number of aryl methyl sites for hydroxylation is 1. The Hall–Kier alpha value is -4.12. The lowest BCUT2D eigenvalue weighted by Crippen LogP contribution is -2.37. The summed E-state index contributed by atoms with van der Waals surface area (Å²) in [6.45, 7) is 10.5. The van der Waals surface area contributed by atoms with Gasteiger partial charge in [-0.2, -0.15) is 4.98 Å². The molecule has 0 radical (unpaired) electrons. The van der Waals surface area contributed by atoms with Crippen molar-refractivity contribution in [2.24, 2.45) is 16.1 Å². The number of fused-ring (bicyclic) bond motifs is 1. The second-order valence-electron chi connectivity index (χ2n) is 9.68.